The van der Waals surface area contributed by atoms with E-state index in [1.165, 1.54) is 6.92 Å². The number of carbonyl (C=O) groups excluding carboxylic acids is 1. The highest BCUT2D eigenvalue weighted by molar-refractivity contribution is 6.07. The van der Waals surface area contributed by atoms with Crippen LogP contribution in [0.25, 0.3) is 33.1 Å². The molecule has 0 spiro atoms. The van der Waals surface area contributed by atoms with Crippen LogP contribution in [-0.4, -0.2) is 20.9 Å². The molecule has 4 rings (SSSR count). The van der Waals surface area contributed by atoms with E-state index in [9.17, 15) is 4.79 Å². The lowest BCUT2D eigenvalue weighted by Crippen LogP contribution is -2.05. The third kappa shape index (κ3) is 2.44. The average molecular weight is 317 g/mol. The standard InChI is InChI=1S/C18H15N5O/c1-10(24)22-13-4-2-3-11(5-13)12-6-15-14-7-17(19)20-9-16(14)23-18(15)21-8-12/h2-9H,1H3,(H2,19,20)(H,21,23)(H,22,24). The van der Waals surface area contributed by atoms with Crippen LogP contribution in [0.15, 0.2) is 48.8 Å². The molecule has 0 saturated carbocycles. The predicted octanol–water partition coefficient (Wildman–Crippen LogP) is 3.32. The van der Waals surface area contributed by atoms with E-state index in [0.717, 1.165) is 38.8 Å². The molecular formula is C18H15N5O. The molecule has 3 aromatic heterocycles. The molecule has 0 radical (unpaired) electrons. The van der Waals surface area contributed by atoms with Gasteiger partial charge in [-0.2, -0.15) is 0 Å². The summed E-state index contributed by atoms with van der Waals surface area (Å²) in [7, 11) is 0. The number of benzene rings is 1. The van der Waals surface area contributed by atoms with Crippen LogP contribution in [0.4, 0.5) is 11.5 Å². The van der Waals surface area contributed by atoms with Gasteiger partial charge in [0.1, 0.15) is 11.5 Å². The summed E-state index contributed by atoms with van der Waals surface area (Å²) in [6.45, 7) is 1.49. The van der Waals surface area contributed by atoms with E-state index in [-0.39, 0.29) is 5.91 Å². The fraction of sp³-hybridized carbons (Fsp3) is 0.0556. The van der Waals surface area contributed by atoms with Gasteiger partial charge in [0.25, 0.3) is 0 Å². The van der Waals surface area contributed by atoms with Crippen molar-refractivity contribution in [1.29, 1.82) is 0 Å². The van der Waals surface area contributed by atoms with Crippen LogP contribution >= 0.6 is 0 Å². The van der Waals surface area contributed by atoms with Crippen molar-refractivity contribution >= 4 is 39.3 Å². The number of anilines is 2. The first-order valence-corrected chi connectivity index (χ1v) is 7.51. The molecule has 0 atom stereocenters. The maximum absolute atomic E-state index is 11.2. The third-order valence-corrected chi connectivity index (χ3v) is 3.87. The number of H-pyrrole nitrogens is 1. The Morgan fingerprint density at radius 1 is 1.08 bits per heavy atom. The zero-order chi connectivity index (χ0) is 16.7. The third-order valence-electron chi connectivity index (χ3n) is 3.87. The van der Waals surface area contributed by atoms with Crippen molar-refractivity contribution < 1.29 is 4.79 Å². The van der Waals surface area contributed by atoms with Crippen LogP contribution in [0.3, 0.4) is 0 Å². The van der Waals surface area contributed by atoms with Crippen molar-refractivity contribution in [1.82, 2.24) is 15.0 Å². The van der Waals surface area contributed by atoms with E-state index in [0.29, 0.717) is 5.82 Å². The van der Waals surface area contributed by atoms with Gasteiger partial charge in [-0.25, -0.2) is 9.97 Å². The lowest BCUT2D eigenvalue weighted by Gasteiger charge is -2.06. The number of hydrogen-bond donors (Lipinski definition) is 3. The van der Waals surface area contributed by atoms with Gasteiger partial charge in [0.05, 0.1) is 11.7 Å². The minimum Gasteiger partial charge on any atom is -0.384 e. The highest BCUT2D eigenvalue weighted by Gasteiger charge is 2.09. The Kier molecular flexibility index (Phi) is 3.16. The largest absolute Gasteiger partial charge is 0.384 e. The number of fused-ring (bicyclic) bond motifs is 3. The molecule has 118 valence electrons. The number of nitrogens with zero attached hydrogens (tertiary/aromatic N) is 2. The Bertz CT molecular complexity index is 1080. The Labute approximate surface area is 137 Å². The number of hydrogen-bond acceptors (Lipinski definition) is 4. The first kappa shape index (κ1) is 14.2. The summed E-state index contributed by atoms with van der Waals surface area (Å²) in [6.07, 6.45) is 3.52. The first-order chi connectivity index (χ1) is 11.6. The maximum Gasteiger partial charge on any atom is 0.221 e. The van der Waals surface area contributed by atoms with Crippen molar-refractivity contribution in [2.75, 3.05) is 11.1 Å². The van der Waals surface area contributed by atoms with E-state index in [1.807, 2.05) is 30.3 Å². The van der Waals surface area contributed by atoms with Crippen LogP contribution in [-0.2, 0) is 4.79 Å². The van der Waals surface area contributed by atoms with Gasteiger partial charge in [0, 0.05) is 35.1 Å². The van der Waals surface area contributed by atoms with Crippen molar-refractivity contribution in [3.63, 3.8) is 0 Å². The fourth-order valence-electron chi connectivity index (χ4n) is 2.83. The number of pyridine rings is 2. The zero-order valence-electron chi connectivity index (χ0n) is 13.0. The predicted molar refractivity (Wildman–Crippen MR) is 95.5 cm³/mol. The highest BCUT2D eigenvalue weighted by atomic mass is 16.1. The molecule has 24 heavy (non-hydrogen) atoms. The molecule has 0 unspecified atom stereocenters. The quantitative estimate of drug-likeness (QED) is 0.528. The van der Waals surface area contributed by atoms with Crippen LogP contribution in [0.1, 0.15) is 6.92 Å². The maximum atomic E-state index is 11.2. The summed E-state index contributed by atoms with van der Waals surface area (Å²) in [5.74, 6) is 0.377. The van der Waals surface area contributed by atoms with E-state index in [2.05, 4.69) is 26.3 Å². The molecule has 6 heteroatoms. The number of amides is 1. The normalized spacial score (nSPS) is 11.0. The molecule has 1 amide bonds. The average Bonchev–Trinajstić information content (AvgIpc) is 2.91. The summed E-state index contributed by atoms with van der Waals surface area (Å²) >= 11 is 0. The second kappa shape index (κ2) is 5.34. The van der Waals surface area contributed by atoms with Gasteiger partial charge in [0.15, 0.2) is 0 Å². The number of nitrogens with two attached hydrogens (primary N) is 1. The van der Waals surface area contributed by atoms with Gasteiger partial charge >= 0.3 is 0 Å². The number of rotatable bonds is 2. The summed E-state index contributed by atoms with van der Waals surface area (Å²) in [4.78, 5) is 23.1. The first-order valence-electron chi connectivity index (χ1n) is 7.51. The minimum atomic E-state index is -0.0969. The Hall–Kier alpha value is -3.41. The molecule has 0 saturated heterocycles. The molecule has 1 aromatic carbocycles. The zero-order valence-corrected chi connectivity index (χ0v) is 13.0. The molecule has 0 aliphatic rings. The fourth-order valence-corrected chi connectivity index (χ4v) is 2.83. The van der Waals surface area contributed by atoms with Gasteiger partial charge in [-0.15, -0.1) is 0 Å². The molecule has 3 heterocycles. The van der Waals surface area contributed by atoms with Crippen LogP contribution < -0.4 is 11.1 Å². The molecule has 0 aliphatic carbocycles. The Morgan fingerprint density at radius 3 is 2.79 bits per heavy atom. The Morgan fingerprint density at radius 2 is 1.96 bits per heavy atom. The van der Waals surface area contributed by atoms with Crippen molar-refractivity contribution in [3.05, 3.63) is 48.8 Å². The van der Waals surface area contributed by atoms with Crippen LogP contribution in [0.2, 0.25) is 0 Å². The smallest absolute Gasteiger partial charge is 0.221 e. The lowest BCUT2D eigenvalue weighted by atomic mass is 10.1. The number of nitrogen functional groups attached to an aromatic ring is 1. The lowest BCUT2D eigenvalue weighted by molar-refractivity contribution is -0.114. The number of aromatic amines is 1. The summed E-state index contributed by atoms with van der Waals surface area (Å²) < 4.78 is 0. The second-order valence-corrected chi connectivity index (χ2v) is 5.66. The summed E-state index contributed by atoms with van der Waals surface area (Å²) in [5.41, 5.74) is 10.2. The molecule has 6 nitrogen and oxygen atoms in total. The summed E-state index contributed by atoms with van der Waals surface area (Å²) in [5, 5.41) is 4.77. The van der Waals surface area contributed by atoms with Gasteiger partial charge < -0.3 is 16.0 Å². The van der Waals surface area contributed by atoms with E-state index >= 15 is 0 Å². The molecule has 4 N–H and O–H groups in total. The van der Waals surface area contributed by atoms with Crippen molar-refractivity contribution in [2.24, 2.45) is 0 Å². The SMILES string of the molecule is CC(=O)Nc1cccc(-c2cnc3[nH]c4cnc(N)cc4c3c2)c1. The highest BCUT2D eigenvalue weighted by Crippen LogP contribution is 2.29. The summed E-state index contributed by atoms with van der Waals surface area (Å²) in [6, 6.07) is 11.6. The van der Waals surface area contributed by atoms with E-state index in [4.69, 9.17) is 5.73 Å². The van der Waals surface area contributed by atoms with Crippen molar-refractivity contribution in [2.45, 2.75) is 6.92 Å². The molecule has 0 aliphatic heterocycles. The Balaban J connectivity index is 1.86. The molecule has 0 fully saturated rings. The molecule has 4 aromatic rings. The number of aromatic nitrogens is 3. The monoisotopic (exact) mass is 317 g/mol. The van der Waals surface area contributed by atoms with Crippen molar-refractivity contribution in [3.8, 4) is 11.1 Å². The van der Waals surface area contributed by atoms with E-state index in [1.54, 1.807) is 12.4 Å². The second-order valence-electron chi connectivity index (χ2n) is 5.66. The van der Waals surface area contributed by atoms with Gasteiger partial charge in [-0.3, -0.25) is 4.79 Å². The molecular weight excluding hydrogens is 302 g/mol. The number of carbonyl (C=O) groups is 1. The van der Waals surface area contributed by atoms with Crippen LogP contribution in [0.5, 0.6) is 0 Å². The van der Waals surface area contributed by atoms with Gasteiger partial charge in [-0.05, 0) is 29.8 Å². The topological polar surface area (TPSA) is 96.7 Å². The van der Waals surface area contributed by atoms with Gasteiger partial charge in [-0.1, -0.05) is 12.1 Å². The van der Waals surface area contributed by atoms with Gasteiger partial charge in [0.2, 0.25) is 5.91 Å². The van der Waals surface area contributed by atoms with Crippen LogP contribution in [0, 0.1) is 0 Å². The molecule has 0 bridgehead atoms. The minimum absolute atomic E-state index is 0.0969. The van der Waals surface area contributed by atoms with E-state index < -0.39 is 0 Å². The number of nitrogens with one attached hydrogen (secondary N) is 2.